The highest BCUT2D eigenvalue weighted by Gasteiger charge is 2.17. The van der Waals surface area contributed by atoms with E-state index in [0.717, 1.165) is 28.2 Å². The van der Waals surface area contributed by atoms with E-state index in [9.17, 15) is 18.5 Å². The van der Waals surface area contributed by atoms with Crippen LogP contribution in [0.3, 0.4) is 0 Å². The Morgan fingerprint density at radius 3 is 2.44 bits per heavy atom. The van der Waals surface area contributed by atoms with Crippen molar-refractivity contribution in [1.29, 1.82) is 5.26 Å². The van der Waals surface area contributed by atoms with Crippen LogP contribution in [0.5, 0.6) is 0 Å². The van der Waals surface area contributed by atoms with Gasteiger partial charge in [-0.05, 0) is 55.3 Å². The lowest BCUT2D eigenvalue weighted by atomic mass is 10.1. The summed E-state index contributed by atoms with van der Waals surface area (Å²) in [7, 11) is -3.93. The summed E-state index contributed by atoms with van der Waals surface area (Å²) in [5.41, 5.74) is 4.69. The van der Waals surface area contributed by atoms with Gasteiger partial charge >= 0.3 is 6.03 Å². The summed E-state index contributed by atoms with van der Waals surface area (Å²) < 4.78 is 28.7. The molecule has 2 N–H and O–H groups in total. The van der Waals surface area contributed by atoms with Crippen molar-refractivity contribution < 1.29 is 13.2 Å². The van der Waals surface area contributed by atoms with E-state index in [1.54, 1.807) is 24.3 Å². The molecule has 0 aliphatic rings. The molecule has 0 atom stereocenters. The van der Waals surface area contributed by atoms with Gasteiger partial charge in [0.1, 0.15) is 11.9 Å². The Morgan fingerprint density at radius 2 is 1.81 bits per heavy atom. The molecule has 184 valence electrons. The molecule has 8 nitrogen and oxygen atoms in total. The van der Waals surface area contributed by atoms with E-state index in [4.69, 9.17) is 11.6 Å². The van der Waals surface area contributed by atoms with Gasteiger partial charge < -0.3 is 5.32 Å². The first-order chi connectivity index (χ1) is 17.2. The smallest absolute Gasteiger partial charge is 0.328 e. The number of aromatic nitrogens is 2. The number of sulfonamides is 1. The largest absolute Gasteiger partial charge is 0.337 e. The maximum Gasteiger partial charge on any atom is 0.328 e. The Morgan fingerprint density at radius 1 is 1.11 bits per heavy atom. The van der Waals surface area contributed by atoms with Crippen LogP contribution < -0.4 is 10.0 Å². The van der Waals surface area contributed by atoms with Gasteiger partial charge in [0.2, 0.25) is 0 Å². The fourth-order valence-electron chi connectivity index (χ4n) is 3.83. The minimum Gasteiger partial charge on any atom is -0.337 e. The summed E-state index contributed by atoms with van der Waals surface area (Å²) in [4.78, 5) is 16.8. The topological polar surface area (TPSA) is 117 Å². The number of amides is 2. The molecule has 3 aromatic carbocycles. The lowest BCUT2D eigenvalue weighted by molar-refractivity contribution is 0.246. The number of imidazole rings is 1. The van der Waals surface area contributed by atoms with Crippen molar-refractivity contribution in [3.63, 3.8) is 0 Å². The fourth-order valence-corrected chi connectivity index (χ4v) is 4.95. The zero-order valence-electron chi connectivity index (χ0n) is 19.7. The number of nitrogens with zero attached hydrogens (tertiary/aromatic N) is 3. The molecular weight excluding hydrogens is 498 g/mol. The molecule has 4 aromatic rings. The van der Waals surface area contributed by atoms with E-state index < -0.39 is 16.1 Å². The molecule has 10 heteroatoms. The van der Waals surface area contributed by atoms with Crippen molar-refractivity contribution in [1.82, 2.24) is 19.6 Å². The Balaban J connectivity index is 1.42. The van der Waals surface area contributed by atoms with Crippen LogP contribution in [-0.2, 0) is 22.9 Å². The third-order valence-corrected chi connectivity index (χ3v) is 7.36. The van der Waals surface area contributed by atoms with E-state index >= 15 is 0 Å². The molecule has 0 fully saturated rings. The molecule has 0 aliphatic heterocycles. The predicted molar refractivity (Wildman–Crippen MR) is 139 cm³/mol. The molecular formula is C26H24ClN5O3S. The number of nitriles is 1. The molecule has 1 heterocycles. The SMILES string of the molecule is CCc1nc2cc(C#N)c(Cl)cc2n1-c1ccc(CCNC(=O)NS(=O)(=O)c2ccc(C)cc2)cc1. The Kier molecular flexibility index (Phi) is 7.29. The number of carbonyl (C=O) groups is 1. The van der Waals surface area contributed by atoms with E-state index in [1.165, 1.54) is 12.1 Å². The predicted octanol–water partition coefficient (Wildman–Crippen LogP) is 4.65. The monoisotopic (exact) mass is 521 g/mol. The summed E-state index contributed by atoms with van der Waals surface area (Å²) in [5, 5.41) is 12.2. The highest BCUT2D eigenvalue weighted by atomic mass is 35.5. The first-order valence-electron chi connectivity index (χ1n) is 11.3. The first-order valence-corrected chi connectivity index (χ1v) is 13.2. The zero-order chi connectivity index (χ0) is 25.9. The fraction of sp³-hybridized carbons (Fsp3) is 0.192. The third-order valence-electron chi connectivity index (χ3n) is 5.70. The molecule has 2 amide bonds. The van der Waals surface area contributed by atoms with E-state index in [2.05, 4.69) is 16.4 Å². The van der Waals surface area contributed by atoms with Crippen molar-refractivity contribution in [3.05, 3.63) is 88.2 Å². The van der Waals surface area contributed by atoms with Crippen molar-refractivity contribution in [2.24, 2.45) is 0 Å². The number of carbonyl (C=O) groups excluding carboxylic acids is 1. The molecule has 36 heavy (non-hydrogen) atoms. The summed E-state index contributed by atoms with van der Waals surface area (Å²) >= 11 is 6.26. The number of halogens is 1. The van der Waals surface area contributed by atoms with Gasteiger partial charge in [0.05, 0.1) is 26.5 Å². The lowest BCUT2D eigenvalue weighted by Crippen LogP contribution is -2.40. The first kappa shape index (κ1) is 25.2. The molecule has 0 saturated heterocycles. The van der Waals surface area contributed by atoms with Gasteiger partial charge in [-0.1, -0.05) is 48.4 Å². The highest BCUT2D eigenvalue weighted by Crippen LogP contribution is 2.27. The van der Waals surface area contributed by atoms with E-state index in [-0.39, 0.29) is 11.4 Å². The van der Waals surface area contributed by atoms with Gasteiger partial charge in [-0.2, -0.15) is 5.26 Å². The van der Waals surface area contributed by atoms with E-state index in [1.807, 2.05) is 47.4 Å². The number of aryl methyl sites for hydroxylation is 2. The van der Waals surface area contributed by atoms with Crippen LogP contribution in [-0.4, -0.2) is 30.5 Å². The summed E-state index contributed by atoms with van der Waals surface area (Å²) in [6, 6.07) is 18.8. The van der Waals surface area contributed by atoms with Crippen LogP contribution in [0.25, 0.3) is 16.7 Å². The van der Waals surface area contributed by atoms with Crippen molar-refractivity contribution in [2.75, 3.05) is 6.54 Å². The maximum absolute atomic E-state index is 12.3. The summed E-state index contributed by atoms with van der Waals surface area (Å²) in [6.45, 7) is 4.12. The highest BCUT2D eigenvalue weighted by molar-refractivity contribution is 7.90. The third kappa shape index (κ3) is 5.35. The molecule has 0 radical (unpaired) electrons. The summed E-state index contributed by atoms with van der Waals surface area (Å²) in [5.74, 6) is 0.844. The quantitative estimate of drug-likeness (QED) is 0.367. The summed E-state index contributed by atoms with van der Waals surface area (Å²) in [6.07, 6.45) is 1.21. The second kappa shape index (κ2) is 10.4. The number of rotatable bonds is 7. The van der Waals surface area contributed by atoms with Gasteiger partial charge in [-0.25, -0.2) is 22.9 Å². The maximum atomic E-state index is 12.3. The van der Waals surface area contributed by atoms with Crippen LogP contribution in [0.2, 0.25) is 5.02 Å². The van der Waals surface area contributed by atoms with Crippen molar-refractivity contribution in [3.8, 4) is 11.8 Å². The van der Waals surface area contributed by atoms with Crippen LogP contribution >= 0.6 is 11.6 Å². The second-order valence-electron chi connectivity index (χ2n) is 8.24. The Labute approximate surface area is 214 Å². The van der Waals surface area contributed by atoms with Crippen LogP contribution in [0.4, 0.5) is 4.79 Å². The standard InChI is InChI=1S/C26H24ClN5O3S/c1-3-25-30-23-14-19(16-28)22(27)15-24(23)32(25)20-8-6-18(7-9-20)12-13-29-26(33)31-36(34,35)21-10-4-17(2)5-11-21/h4-11,14-15H,3,12-13H2,1-2H3,(H2,29,31,33). The van der Waals surface area contributed by atoms with Crippen molar-refractivity contribution >= 4 is 38.7 Å². The van der Waals surface area contributed by atoms with Gasteiger partial charge in [0, 0.05) is 18.7 Å². The van der Waals surface area contributed by atoms with Gasteiger partial charge in [0.25, 0.3) is 10.0 Å². The number of hydrogen-bond acceptors (Lipinski definition) is 5. The normalized spacial score (nSPS) is 11.3. The number of benzene rings is 3. The molecule has 0 bridgehead atoms. The molecule has 1 aromatic heterocycles. The number of nitrogens with one attached hydrogen (secondary N) is 2. The Bertz CT molecular complexity index is 1570. The number of hydrogen-bond donors (Lipinski definition) is 2. The van der Waals surface area contributed by atoms with E-state index in [0.29, 0.717) is 28.9 Å². The average molecular weight is 522 g/mol. The van der Waals surface area contributed by atoms with Crippen LogP contribution in [0.1, 0.15) is 29.4 Å². The number of fused-ring (bicyclic) bond motifs is 1. The minimum atomic E-state index is -3.93. The van der Waals surface area contributed by atoms with Gasteiger partial charge in [-0.15, -0.1) is 0 Å². The minimum absolute atomic E-state index is 0.0300. The zero-order valence-corrected chi connectivity index (χ0v) is 21.3. The second-order valence-corrected chi connectivity index (χ2v) is 10.3. The van der Waals surface area contributed by atoms with Crippen molar-refractivity contribution in [2.45, 2.75) is 31.6 Å². The number of urea groups is 1. The molecule has 0 saturated carbocycles. The average Bonchev–Trinajstić information content (AvgIpc) is 3.21. The van der Waals surface area contributed by atoms with Gasteiger partial charge in [0.15, 0.2) is 0 Å². The van der Waals surface area contributed by atoms with Gasteiger partial charge in [-0.3, -0.25) is 4.57 Å². The lowest BCUT2D eigenvalue weighted by Gasteiger charge is -2.11. The van der Waals surface area contributed by atoms with Crippen LogP contribution in [0.15, 0.2) is 65.6 Å². The molecule has 0 aliphatic carbocycles. The molecule has 0 unspecified atom stereocenters. The Hall–Kier alpha value is -3.87. The van der Waals surface area contributed by atoms with Crippen LogP contribution in [0, 0.1) is 18.3 Å². The molecule has 4 rings (SSSR count). The molecule has 0 spiro atoms.